The molecule has 0 aromatic carbocycles. The molecule has 1 aromatic heterocycles. The van der Waals surface area contributed by atoms with Crippen LogP contribution >= 0.6 is 0 Å². The second kappa shape index (κ2) is 5.85. The fraction of sp³-hybridized carbons (Fsp3) is 0.615. The van der Waals surface area contributed by atoms with E-state index >= 15 is 0 Å². The van der Waals surface area contributed by atoms with E-state index in [1.165, 1.54) is 16.8 Å². The zero-order valence-corrected chi connectivity index (χ0v) is 11.0. The highest BCUT2D eigenvalue weighted by atomic mass is 15.3. The van der Waals surface area contributed by atoms with Crippen molar-refractivity contribution in [3.05, 3.63) is 23.0 Å². The summed E-state index contributed by atoms with van der Waals surface area (Å²) in [7, 11) is 1.98. The molecule has 0 amide bonds. The zero-order valence-electron chi connectivity index (χ0n) is 11.0. The Hall–Kier alpha value is -1.09. The summed E-state index contributed by atoms with van der Waals surface area (Å²) < 4.78 is 1.91. The van der Waals surface area contributed by atoms with Crippen molar-refractivity contribution in [3.63, 3.8) is 0 Å². The maximum absolute atomic E-state index is 4.25. The van der Waals surface area contributed by atoms with Crippen LogP contribution in [0.25, 0.3) is 6.08 Å². The lowest BCUT2D eigenvalue weighted by atomic mass is 10.1. The second-order valence-corrected chi connectivity index (χ2v) is 4.50. The Labute approximate surface area is 98.5 Å². The summed E-state index contributed by atoms with van der Waals surface area (Å²) in [5.74, 6) is 0. The van der Waals surface area contributed by atoms with Gasteiger partial charge >= 0.3 is 0 Å². The first-order valence-electron chi connectivity index (χ1n) is 5.96. The van der Waals surface area contributed by atoms with E-state index < -0.39 is 0 Å². The van der Waals surface area contributed by atoms with E-state index in [1.807, 2.05) is 17.9 Å². The molecule has 3 heteroatoms. The number of nitrogens with zero attached hydrogens (tertiary/aromatic N) is 2. The lowest BCUT2D eigenvalue weighted by molar-refractivity contribution is 0.617. The van der Waals surface area contributed by atoms with Gasteiger partial charge in [-0.05, 0) is 13.3 Å². The highest BCUT2D eigenvalue weighted by Gasteiger charge is 2.02. The normalized spacial score (nSPS) is 12.5. The van der Waals surface area contributed by atoms with Gasteiger partial charge in [-0.3, -0.25) is 4.68 Å². The zero-order chi connectivity index (χ0) is 12.1. The summed E-state index contributed by atoms with van der Waals surface area (Å²) in [4.78, 5) is 0. The van der Waals surface area contributed by atoms with Crippen LogP contribution in [0.4, 0.5) is 0 Å². The van der Waals surface area contributed by atoms with Gasteiger partial charge in [-0.25, -0.2) is 0 Å². The average Bonchev–Trinajstić information content (AvgIpc) is 2.55. The molecular weight excluding hydrogens is 198 g/mol. The molecule has 16 heavy (non-hydrogen) atoms. The van der Waals surface area contributed by atoms with E-state index in [1.54, 1.807) is 0 Å². The summed E-state index contributed by atoms with van der Waals surface area (Å²) >= 11 is 0. The smallest absolute Gasteiger partial charge is 0.0564 e. The van der Waals surface area contributed by atoms with Gasteiger partial charge in [0.15, 0.2) is 0 Å². The van der Waals surface area contributed by atoms with Crippen LogP contribution in [-0.4, -0.2) is 22.4 Å². The molecular formula is C13H23N3. The number of aromatic nitrogens is 2. The van der Waals surface area contributed by atoms with E-state index in [-0.39, 0.29) is 0 Å². The molecule has 0 aliphatic carbocycles. The number of hydrogen-bond acceptors (Lipinski definition) is 2. The van der Waals surface area contributed by atoms with Crippen LogP contribution in [0, 0.1) is 6.92 Å². The van der Waals surface area contributed by atoms with Gasteiger partial charge in [0, 0.05) is 30.9 Å². The largest absolute Gasteiger partial charge is 0.311 e. The van der Waals surface area contributed by atoms with Gasteiger partial charge in [0.1, 0.15) is 0 Å². The third-order valence-electron chi connectivity index (χ3n) is 2.82. The molecule has 0 fully saturated rings. The predicted molar refractivity (Wildman–Crippen MR) is 69.4 cm³/mol. The van der Waals surface area contributed by atoms with Crippen LogP contribution in [0.2, 0.25) is 0 Å². The Morgan fingerprint density at radius 2 is 2.25 bits per heavy atom. The maximum Gasteiger partial charge on any atom is 0.0564 e. The second-order valence-electron chi connectivity index (χ2n) is 4.50. The molecule has 90 valence electrons. The molecule has 3 nitrogen and oxygen atoms in total. The van der Waals surface area contributed by atoms with Gasteiger partial charge in [0.25, 0.3) is 0 Å². The van der Waals surface area contributed by atoms with Crippen LogP contribution in [-0.2, 0) is 7.05 Å². The van der Waals surface area contributed by atoms with Crippen molar-refractivity contribution in [2.45, 2.75) is 40.2 Å². The van der Waals surface area contributed by atoms with Crippen molar-refractivity contribution in [2.75, 3.05) is 6.54 Å². The minimum atomic E-state index is 0.532. The maximum atomic E-state index is 4.25. The fourth-order valence-electron chi connectivity index (χ4n) is 1.49. The van der Waals surface area contributed by atoms with Gasteiger partial charge in [-0.15, -0.1) is 0 Å². The molecule has 1 N–H and O–H groups in total. The number of aryl methyl sites for hydroxylation is 1. The van der Waals surface area contributed by atoms with Crippen LogP contribution in [0.15, 0.2) is 11.8 Å². The van der Waals surface area contributed by atoms with Gasteiger partial charge < -0.3 is 5.32 Å². The van der Waals surface area contributed by atoms with Gasteiger partial charge in [0.2, 0.25) is 0 Å². The van der Waals surface area contributed by atoms with Crippen molar-refractivity contribution >= 4 is 6.08 Å². The summed E-state index contributed by atoms with van der Waals surface area (Å²) in [6.07, 6.45) is 5.26. The van der Waals surface area contributed by atoms with E-state index in [0.717, 1.165) is 13.0 Å². The Kier molecular flexibility index (Phi) is 4.74. The van der Waals surface area contributed by atoms with E-state index in [0.29, 0.717) is 6.04 Å². The minimum absolute atomic E-state index is 0.532. The molecule has 1 heterocycles. The molecule has 0 saturated heterocycles. The third kappa shape index (κ3) is 3.49. The van der Waals surface area contributed by atoms with Crippen LogP contribution in [0.3, 0.4) is 0 Å². The Bertz CT molecular complexity index is 361. The number of nitrogens with one attached hydrogen (secondary N) is 1. The molecule has 1 rings (SSSR count). The lowest BCUT2D eigenvalue weighted by Crippen LogP contribution is -2.24. The SMILES string of the molecule is CCC(=Cc1cnn(C)c1C)CNC(C)C. The summed E-state index contributed by atoms with van der Waals surface area (Å²) in [6.45, 7) is 9.59. The molecule has 0 aliphatic heterocycles. The van der Waals surface area contributed by atoms with Crippen molar-refractivity contribution in [1.82, 2.24) is 15.1 Å². The number of rotatable bonds is 5. The first-order chi connectivity index (χ1) is 7.54. The summed E-state index contributed by atoms with van der Waals surface area (Å²) in [5, 5.41) is 7.70. The van der Waals surface area contributed by atoms with Crippen LogP contribution in [0.5, 0.6) is 0 Å². The highest BCUT2D eigenvalue weighted by molar-refractivity contribution is 5.54. The minimum Gasteiger partial charge on any atom is -0.311 e. The van der Waals surface area contributed by atoms with Gasteiger partial charge in [0.05, 0.1) is 6.20 Å². The number of hydrogen-bond donors (Lipinski definition) is 1. The van der Waals surface area contributed by atoms with E-state index in [2.05, 4.69) is 44.2 Å². The summed E-state index contributed by atoms with van der Waals surface area (Å²) in [6, 6.07) is 0.532. The lowest BCUT2D eigenvalue weighted by Gasteiger charge is -2.10. The average molecular weight is 221 g/mol. The van der Waals surface area contributed by atoms with E-state index in [9.17, 15) is 0 Å². The molecule has 1 aromatic rings. The molecule has 0 bridgehead atoms. The standard InChI is InChI=1S/C13H23N3/c1-6-12(8-14-10(2)3)7-13-9-15-16(5)11(13)4/h7,9-10,14H,6,8H2,1-5H3. The molecule has 0 saturated carbocycles. The van der Waals surface area contributed by atoms with Crippen LogP contribution in [0.1, 0.15) is 38.4 Å². The van der Waals surface area contributed by atoms with Crippen molar-refractivity contribution < 1.29 is 0 Å². The third-order valence-corrected chi connectivity index (χ3v) is 2.82. The van der Waals surface area contributed by atoms with Crippen molar-refractivity contribution in [3.8, 4) is 0 Å². The molecule has 0 aliphatic rings. The first-order valence-corrected chi connectivity index (χ1v) is 5.96. The van der Waals surface area contributed by atoms with Crippen LogP contribution < -0.4 is 5.32 Å². The van der Waals surface area contributed by atoms with Gasteiger partial charge in [-0.1, -0.05) is 32.4 Å². The molecule has 0 spiro atoms. The Morgan fingerprint density at radius 3 is 2.69 bits per heavy atom. The molecule has 0 radical (unpaired) electrons. The van der Waals surface area contributed by atoms with Gasteiger partial charge in [-0.2, -0.15) is 5.10 Å². The highest BCUT2D eigenvalue weighted by Crippen LogP contribution is 2.12. The van der Waals surface area contributed by atoms with Crippen molar-refractivity contribution in [1.29, 1.82) is 0 Å². The predicted octanol–water partition coefficient (Wildman–Crippen LogP) is 2.52. The Balaban J connectivity index is 2.75. The fourth-order valence-corrected chi connectivity index (χ4v) is 1.49. The summed E-state index contributed by atoms with van der Waals surface area (Å²) in [5.41, 5.74) is 3.87. The molecule has 0 atom stereocenters. The first kappa shape index (κ1) is 13.0. The Morgan fingerprint density at radius 1 is 1.56 bits per heavy atom. The van der Waals surface area contributed by atoms with Crippen molar-refractivity contribution in [2.24, 2.45) is 7.05 Å². The topological polar surface area (TPSA) is 29.9 Å². The monoisotopic (exact) mass is 221 g/mol. The quantitative estimate of drug-likeness (QED) is 0.828. The molecule has 0 unspecified atom stereocenters. The van der Waals surface area contributed by atoms with E-state index in [4.69, 9.17) is 0 Å².